The lowest BCUT2D eigenvalue weighted by Gasteiger charge is -2.23. The lowest BCUT2D eigenvalue weighted by atomic mass is 9.92. The average Bonchev–Trinajstić information content (AvgIpc) is 2.30. The van der Waals surface area contributed by atoms with E-state index >= 15 is 0 Å². The summed E-state index contributed by atoms with van der Waals surface area (Å²) < 4.78 is 39.5. The highest BCUT2D eigenvalue weighted by Gasteiger charge is 2.27. The zero-order valence-electron chi connectivity index (χ0n) is 10.8. The van der Waals surface area contributed by atoms with Crippen molar-refractivity contribution in [2.75, 3.05) is 19.8 Å². The normalized spacial score (nSPS) is 13.4. The van der Waals surface area contributed by atoms with Crippen molar-refractivity contribution in [3.8, 4) is 0 Å². The van der Waals surface area contributed by atoms with Crippen molar-refractivity contribution in [2.24, 2.45) is 16.3 Å². The van der Waals surface area contributed by atoms with Crippen LogP contribution in [0.1, 0.15) is 20.3 Å². The Bertz CT molecular complexity index is 330. The molecule has 1 amide bonds. The monoisotopic (exact) mass is 285 g/mol. The average molecular weight is 285 g/mol. The smallest absolute Gasteiger partial charge is 0.409 e. The van der Waals surface area contributed by atoms with Crippen LogP contribution in [0.4, 0.5) is 13.2 Å². The number of amides is 1. The highest BCUT2D eigenvalue weighted by molar-refractivity contribution is 5.86. The minimum absolute atomic E-state index is 0.0545. The first kappa shape index (κ1) is 17.5. The fraction of sp³-hybridized carbons (Fsp3) is 0.800. The number of alkyl halides is 3. The van der Waals surface area contributed by atoms with Gasteiger partial charge in [0.1, 0.15) is 12.4 Å². The third kappa shape index (κ3) is 8.25. The lowest BCUT2D eigenvalue weighted by Crippen LogP contribution is -2.42. The van der Waals surface area contributed by atoms with E-state index in [2.05, 4.69) is 15.2 Å². The first-order valence-corrected chi connectivity index (χ1v) is 5.47. The van der Waals surface area contributed by atoms with Crippen molar-refractivity contribution < 1.29 is 27.9 Å². The van der Waals surface area contributed by atoms with Gasteiger partial charge in [0.05, 0.1) is 6.61 Å². The Morgan fingerprint density at radius 2 is 2.00 bits per heavy atom. The second kappa shape index (κ2) is 7.17. The van der Waals surface area contributed by atoms with Crippen molar-refractivity contribution in [1.82, 2.24) is 5.32 Å². The Morgan fingerprint density at radius 1 is 1.42 bits per heavy atom. The van der Waals surface area contributed by atoms with E-state index in [-0.39, 0.29) is 25.4 Å². The van der Waals surface area contributed by atoms with E-state index in [0.717, 1.165) is 0 Å². The molecule has 0 aromatic rings. The molecule has 0 aromatic heterocycles. The van der Waals surface area contributed by atoms with Gasteiger partial charge in [0, 0.05) is 18.4 Å². The van der Waals surface area contributed by atoms with Crippen molar-refractivity contribution in [2.45, 2.75) is 26.4 Å². The van der Waals surface area contributed by atoms with Crippen LogP contribution in [0.15, 0.2) is 5.16 Å². The quantitative estimate of drug-likeness (QED) is 0.212. The number of hydrogen-bond acceptors (Lipinski definition) is 4. The van der Waals surface area contributed by atoms with Crippen molar-refractivity contribution in [3.63, 3.8) is 0 Å². The molecule has 0 aliphatic rings. The van der Waals surface area contributed by atoms with Crippen molar-refractivity contribution >= 4 is 11.7 Å². The van der Waals surface area contributed by atoms with Crippen molar-refractivity contribution in [3.05, 3.63) is 0 Å². The highest BCUT2D eigenvalue weighted by Crippen LogP contribution is 2.15. The van der Waals surface area contributed by atoms with E-state index in [1.165, 1.54) is 0 Å². The maximum atomic E-state index is 11.7. The zero-order valence-corrected chi connectivity index (χ0v) is 10.8. The molecule has 0 saturated heterocycles. The largest absolute Gasteiger partial charge is 0.411 e. The van der Waals surface area contributed by atoms with E-state index in [9.17, 15) is 18.0 Å². The number of carbonyl (C=O) groups is 1. The van der Waals surface area contributed by atoms with E-state index in [1.807, 2.05) is 0 Å². The van der Waals surface area contributed by atoms with Crippen LogP contribution in [0, 0.1) is 5.41 Å². The minimum Gasteiger partial charge on any atom is -0.409 e. The van der Waals surface area contributed by atoms with Crippen LogP contribution >= 0.6 is 0 Å². The predicted octanol–water partition coefficient (Wildman–Crippen LogP) is 0.844. The second-order valence-electron chi connectivity index (χ2n) is 4.56. The molecule has 6 nitrogen and oxygen atoms in total. The maximum Gasteiger partial charge on any atom is 0.411 e. The Labute approximate surface area is 108 Å². The number of ether oxygens (including phenoxy) is 1. The molecule has 0 spiro atoms. The first-order chi connectivity index (χ1) is 8.58. The van der Waals surface area contributed by atoms with Crippen LogP contribution in [0.25, 0.3) is 0 Å². The number of nitrogens with zero attached hydrogens (tertiary/aromatic N) is 1. The third-order valence-corrected chi connectivity index (χ3v) is 2.27. The SMILES string of the molecule is CC(C)(CNC(=O)CCOCC(F)(F)F)C(N)=NO. The third-order valence-electron chi connectivity index (χ3n) is 2.27. The van der Waals surface area contributed by atoms with Gasteiger partial charge in [0.2, 0.25) is 5.91 Å². The molecule has 112 valence electrons. The molecular formula is C10H18F3N3O3. The zero-order chi connectivity index (χ0) is 15.1. The topological polar surface area (TPSA) is 96.9 Å². The van der Waals surface area contributed by atoms with E-state index in [1.54, 1.807) is 13.8 Å². The van der Waals surface area contributed by atoms with Gasteiger partial charge in [-0.2, -0.15) is 13.2 Å². The van der Waals surface area contributed by atoms with Crippen LogP contribution in [0.5, 0.6) is 0 Å². The fourth-order valence-corrected chi connectivity index (χ4v) is 0.987. The molecule has 0 saturated carbocycles. The van der Waals surface area contributed by atoms with Crippen LogP contribution < -0.4 is 11.1 Å². The minimum atomic E-state index is -4.40. The Hall–Kier alpha value is -1.51. The lowest BCUT2D eigenvalue weighted by molar-refractivity contribution is -0.174. The molecule has 0 fully saturated rings. The molecule has 0 aromatic carbocycles. The highest BCUT2D eigenvalue weighted by atomic mass is 19.4. The van der Waals surface area contributed by atoms with Gasteiger partial charge in [-0.05, 0) is 0 Å². The summed E-state index contributed by atoms with van der Waals surface area (Å²) in [7, 11) is 0. The van der Waals surface area contributed by atoms with Gasteiger partial charge in [-0.1, -0.05) is 19.0 Å². The van der Waals surface area contributed by atoms with Crippen molar-refractivity contribution in [1.29, 1.82) is 0 Å². The van der Waals surface area contributed by atoms with Gasteiger partial charge in [-0.3, -0.25) is 4.79 Å². The Balaban J connectivity index is 3.89. The van der Waals surface area contributed by atoms with E-state index in [4.69, 9.17) is 10.9 Å². The molecule has 19 heavy (non-hydrogen) atoms. The summed E-state index contributed by atoms with van der Waals surface area (Å²) in [5, 5.41) is 13.8. The number of hydrogen-bond donors (Lipinski definition) is 3. The standard InChI is InChI=1S/C10H18F3N3O3/c1-9(2,8(14)16-18)5-15-7(17)3-4-19-6-10(11,12)13/h18H,3-6H2,1-2H3,(H2,14,16)(H,15,17). The number of amidine groups is 1. The van der Waals surface area contributed by atoms with E-state index in [0.29, 0.717) is 0 Å². The molecule has 0 unspecified atom stereocenters. The van der Waals surface area contributed by atoms with Gasteiger partial charge in [0.15, 0.2) is 0 Å². The van der Waals surface area contributed by atoms with Crippen LogP contribution in [-0.4, -0.2) is 42.9 Å². The molecule has 0 rings (SSSR count). The van der Waals surface area contributed by atoms with Crippen LogP contribution in [0.2, 0.25) is 0 Å². The number of halogens is 3. The fourth-order valence-electron chi connectivity index (χ4n) is 0.987. The molecule has 0 radical (unpaired) electrons. The van der Waals surface area contributed by atoms with Crippen LogP contribution in [0.3, 0.4) is 0 Å². The number of oxime groups is 1. The van der Waals surface area contributed by atoms with Gasteiger partial charge >= 0.3 is 6.18 Å². The summed E-state index contributed by atoms with van der Waals surface area (Å²) in [4.78, 5) is 11.3. The summed E-state index contributed by atoms with van der Waals surface area (Å²) in [6.07, 6.45) is -4.59. The van der Waals surface area contributed by atoms with Gasteiger partial charge < -0.3 is 21.0 Å². The molecule has 0 atom stereocenters. The van der Waals surface area contributed by atoms with Crippen LogP contribution in [-0.2, 0) is 9.53 Å². The maximum absolute atomic E-state index is 11.7. The summed E-state index contributed by atoms with van der Waals surface area (Å²) in [6.45, 7) is 1.68. The predicted molar refractivity (Wildman–Crippen MR) is 61.7 cm³/mol. The number of rotatable bonds is 7. The molecular weight excluding hydrogens is 267 g/mol. The summed E-state index contributed by atoms with van der Waals surface area (Å²) in [5.74, 6) is -0.526. The molecule has 9 heteroatoms. The number of carbonyl (C=O) groups excluding carboxylic acids is 1. The Morgan fingerprint density at radius 3 is 2.47 bits per heavy atom. The van der Waals surface area contributed by atoms with Gasteiger partial charge in [0.25, 0.3) is 0 Å². The van der Waals surface area contributed by atoms with Gasteiger partial charge in [-0.25, -0.2) is 0 Å². The number of nitrogens with two attached hydrogens (primary N) is 1. The second-order valence-corrected chi connectivity index (χ2v) is 4.56. The molecule has 4 N–H and O–H groups in total. The first-order valence-electron chi connectivity index (χ1n) is 5.47. The van der Waals surface area contributed by atoms with E-state index < -0.39 is 24.1 Å². The van der Waals surface area contributed by atoms with Gasteiger partial charge in [-0.15, -0.1) is 0 Å². The number of nitrogens with one attached hydrogen (secondary N) is 1. The molecule has 0 bridgehead atoms. The summed E-state index contributed by atoms with van der Waals surface area (Å²) in [5.41, 5.74) is 4.65. The molecule has 0 heterocycles. The summed E-state index contributed by atoms with van der Waals surface area (Å²) >= 11 is 0. The molecule has 0 aliphatic carbocycles. The summed E-state index contributed by atoms with van der Waals surface area (Å²) in [6, 6.07) is 0. The molecule has 0 aliphatic heterocycles. The Kier molecular flexibility index (Phi) is 6.60.